The van der Waals surface area contributed by atoms with E-state index in [1.54, 1.807) is 0 Å². The number of halogens is 4. The zero-order valence-electron chi connectivity index (χ0n) is 16.4. The van der Waals surface area contributed by atoms with E-state index >= 15 is 0 Å². The molecular formula is C17H15BrCl3N3O8S. The van der Waals surface area contributed by atoms with Crippen molar-refractivity contribution in [1.29, 1.82) is 0 Å². The van der Waals surface area contributed by atoms with E-state index in [0.717, 1.165) is 4.90 Å². The van der Waals surface area contributed by atoms with E-state index in [0.29, 0.717) is 5.57 Å². The van der Waals surface area contributed by atoms with Gasteiger partial charge in [-0.15, -0.1) is 11.8 Å². The van der Waals surface area contributed by atoms with Crippen LogP contribution in [0.5, 0.6) is 0 Å². The summed E-state index contributed by atoms with van der Waals surface area (Å²) in [5, 5.41) is 14.1. The van der Waals surface area contributed by atoms with Gasteiger partial charge in [0.05, 0.1) is 5.33 Å². The highest BCUT2D eigenvalue weighted by Gasteiger charge is 2.54. The summed E-state index contributed by atoms with van der Waals surface area (Å²) in [6.45, 7) is 2.19. The van der Waals surface area contributed by atoms with Crippen LogP contribution in [-0.4, -0.2) is 84.8 Å². The van der Waals surface area contributed by atoms with Gasteiger partial charge < -0.3 is 20.0 Å². The monoisotopic (exact) mass is 605 g/mol. The molecule has 0 bridgehead atoms. The van der Waals surface area contributed by atoms with Crippen LogP contribution in [0.3, 0.4) is 0 Å². The lowest BCUT2D eigenvalue weighted by Crippen LogP contribution is -2.71. The first kappa shape index (κ1) is 27.4. The van der Waals surface area contributed by atoms with Crippen molar-refractivity contribution in [3.05, 3.63) is 23.9 Å². The lowest BCUT2D eigenvalue weighted by Gasteiger charge is -2.49. The third-order valence-corrected chi connectivity index (χ3v) is 6.21. The number of alkyl halides is 4. The number of carbonyl (C=O) groups is 5. The number of β-lactam (4-membered cyclic amide) rings is 1. The molecule has 0 radical (unpaired) electrons. The first-order valence-electron chi connectivity index (χ1n) is 8.77. The maximum absolute atomic E-state index is 12.6. The number of ether oxygens (including phenoxy) is 1. The third-order valence-electron chi connectivity index (χ3n) is 4.07. The van der Waals surface area contributed by atoms with Crippen LogP contribution in [-0.2, 0) is 33.5 Å². The van der Waals surface area contributed by atoms with Crippen LogP contribution >= 0.6 is 62.5 Å². The molecule has 0 saturated carbocycles. The third kappa shape index (κ3) is 6.85. The predicted octanol–water partition coefficient (Wildman–Crippen LogP) is 1.16. The van der Waals surface area contributed by atoms with Gasteiger partial charge in [0.1, 0.15) is 23.7 Å². The van der Waals surface area contributed by atoms with Crippen molar-refractivity contribution in [1.82, 2.24) is 10.2 Å². The number of hydrogen-bond donors (Lipinski definition) is 2. The van der Waals surface area contributed by atoms with E-state index in [2.05, 4.69) is 37.7 Å². The average molecular weight is 608 g/mol. The SMILES string of the molecule is C=CC1=C(C(=O)O)N2C(=O)C(NC(=O)C(=NOCC(=O)OCC(Cl)(Cl)Cl)C(=O)CBr)[C@@H]2SC1. The number of carbonyl (C=O) groups excluding carboxylic acids is 4. The van der Waals surface area contributed by atoms with E-state index in [1.807, 2.05) is 0 Å². The number of thioether (sulfide) groups is 1. The summed E-state index contributed by atoms with van der Waals surface area (Å²) in [7, 11) is 0. The Labute approximate surface area is 214 Å². The van der Waals surface area contributed by atoms with Crippen molar-refractivity contribution in [2.75, 3.05) is 24.3 Å². The number of allylic oxidation sites excluding steroid dienone is 1. The lowest BCUT2D eigenvalue weighted by atomic mass is 10.0. The number of esters is 1. The predicted molar refractivity (Wildman–Crippen MR) is 123 cm³/mol. The van der Waals surface area contributed by atoms with Crippen molar-refractivity contribution in [3.63, 3.8) is 0 Å². The zero-order chi connectivity index (χ0) is 24.9. The molecule has 0 aromatic heterocycles. The number of Topliss-reactive ketones (excluding diaryl/α,β-unsaturated/α-hetero) is 1. The molecule has 2 rings (SSSR count). The van der Waals surface area contributed by atoms with Crippen LogP contribution in [0.1, 0.15) is 0 Å². The number of oxime groups is 1. The minimum absolute atomic E-state index is 0.216. The smallest absolute Gasteiger partial charge is 0.352 e. The first-order valence-corrected chi connectivity index (χ1v) is 12.1. The minimum Gasteiger partial charge on any atom is -0.477 e. The summed E-state index contributed by atoms with van der Waals surface area (Å²) in [6, 6.07) is -1.11. The van der Waals surface area contributed by atoms with Gasteiger partial charge in [-0.3, -0.25) is 19.3 Å². The Morgan fingerprint density at radius 1 is 1.36 bits per heavy atom. The van der Waals surface area contributed by atoms with Gasteiger partial charge in [0.15, 0.2) is 0 Å². The van der Waals surface area contributed by atoms with Crippen molar-refractivity contribution in [2.24, 2.45) is 5.16 Å². The molecule has 11 nitrogen and oxygen atoms in total. The molecule has 2 aliphatic heterocycles. The molecule has 180 valence electrons. The molecule has 1 saturated heterocycles. The number of carboxylic acid groups (broad SMARTS) is 1. The Hall–Kier alpha value is -1.80. The molecule has 0 spiro atoms. The Bertz CT molecular complexity index is 952. The fourth-order valence-electron chi connectivity index (χ4n) is 2.65. The average Bonchev–Trinajstić information content (AvgIpc) is 2.76. The highest BCUT2D eigenvalue weighted by Crippen LogP contribution is 2.40. The molecule has 1 fully saturated rings. The first-order chi connectivity index (χ1) is 15.4. The Morgan fingerprint density at radius 2 is 2.03 bits per heavy atom. The number of hydrogen-bond acceptors (Lipinski definition) is 9. The summed E-state index contributed by atoms with van der Waals surface area (Å²) in [5.41, 5.74) is -0.575. The normalized spacial score (nSPS) is 20.4. The molecule has 0 aromatic carbocycles. The standard InChI is InChI=1S/C17H15BrCl3N3O8S/c1-2-7-5-33-15-11(14(28)24(15)12(7)16(29)30)22-13(27)10(8(25)3-18)23-32-4-9(26)31-6-17(19,20)21/h2,11,15H,1,3-6H2,(H,22,27)(H,29,30)/t11?,15-/m0/s1. The van der Waals surface area contributed by atoms with Crippen molar-refractivity contribution < 1.29 is 38.7 Å². The zero-order valence-corrected chi connectivity index (χ0v) is 21.1. The number of aliphatic carboxylic acids is 1. The molecule has 33 heavy (non-hydrogen) atoms. The maximum atomic E-state index is 12.6. The number of amides is 2. The van der Waals surface area contributed by atoms with Crippen molar-refractivity contribution in [3.8, 4) is 0 Å². The van der Waals surface area contributed by atoms with Crippen molar-refractivity contribution >= 4 is 97.7 Å². The van der Waals surface area contributed by atoms with Gasteiger partial charge in [-0.25, -0.2) is 9.59 Å². The van der Waals surface area contributed by atoms with E-state index in [9.17, 15) is 29.1 Å². The number of rotatable bonds is 10. The number of fused-ring (bicyclic) bond motifs is 1. The number of nitrogens with one attached hydrogen (secondary N) is 1. The molecule has 2 atom stereocenters. The summed E-state index contributed by atoms with van der Waals surface area (Å²) in [5.74, 6) is -4.57. The molecule has 2 amide bonds. The van der Waals surface area contributed by atoms with Crippen LogP contribution < -0.4 is 5.32 Å². The van der Waals surface area contributed by atoms with Gasteiger partial charge in [0.2, 0.25) is 21.9 Å². The molecular weight excluding hydrogens is 593 g/mol. The Morgan fingerprint density at radius 3 is 2.58 bits per heavy atom. The maximum Gasteiger partial charge on any atom is 0.352 e. The summed E-state index contributed by atoms with van der Waals surface area (Å²) in [6.07, 6.45) is 1.35. The number of ketones is 1. The van der Waals surface area contributed by atoms with Gasteiger partial charge >= 0.3 is 11.9 Å². The van der Waals surface area contributed by atoms with Gasteiger partial charge in [0.25, 0.3) is 11.8 Å². The summed E-state index contributed by atoms with van der Waals surface area (Å²) >= 11 is 20.4. The Balaban J connectivity index is 2.06. The van der Waals surface area contributed by atoms with Gasteiger partial charge in [-0.2, -0.15) is 0 Å². The van der Waals surface area contributed by atoms with E-state index in [4.69, 9.17) is 39.6 Å². The van der Waals surface area contributed by atoms with E-state index in [-0.39, 0.29) is 16.8 Å². The number of carboxylic acids is 1. The molecule has 2 N–H and O–H groups in total. The van der Waals surface area contributed by atoms with Crippen LogP contribution in [0, 0.1) is 0 Å². The topological polar surface area (TPSA) is 152 Å². The molecule has 2 aliphatic rings. The molecule has 0 aromatic rings. The second-order valence-electron chi connectivity index (χ2n) is 6.29. The van der Waals surface area contributed by atoms with Crippen LogP contribution in [0.15, 0.2) is 29.1 Å². The highest BCUT2D eigenvalue weighted by molar-refractivity contribution is 9.09. The van der Waals surface area contributed by atoms with Crippen molar-refractivity contribution in [2.45, 2.75) is 15.2 Å². The fraction of sp³-hybridized carbons (Fsp3) is 0.412. The van der Waals surface area contributed by atoms with E-state index in [1.165, 1.54) is 17.8 Å². The van der Waals surface area contributed by atoms with Crippen LogP contribution in [0.4, 0.5) is 0 Å². The van der Waals surface area contributed by atoms with Gasteiger partial charge in [0, 0.05) is 5.75 Å². The van der Waals surface area contributed by atoms with Crippen LogP contribution in [0.25, 0.3) is 0 Å². The highest BCUT2D eigenvalue weighted by atomic mass is 79.9. The molecule has 0 aliphatic carbocycles. The number of nitrogens with zero attached hydrogens (tertiary/aromatic N) is 2. The molecule has 2 heterocycles. The largest absolute Gasteiger partial charge is 0.477 e. The fourth-order valence-corrected chi connectivity index (χ4v) is 4.41. The Kier molecular flexibility index (Phi) is 9.61. The second kappa shape index (κ2) is 11.6. The van der Waals surface area contributed by atoms with E-state index < -0.39 is 63.7 Å². The molecule has 16 heteroatoms. The van der Waals surface area contributed by atoms with Gasteiger partial charge in [-0.1, -0.05) is 68.5 Å². The minimum atomic E-state index is -1.83. The second-order valence-corrected chi connectivity index (χ2v) is 10.5. The molecule has 1 unspecified atom stereocenters. The summed E-state index contributed by atoms with van der Waals surface area (Å²) in [4.78, 5) is 66.0. The summed E-state index contributed by atoms with van der Waals surface area (Å²) < 4.78 is 2.78. The lowest BCUT2D eigenvalue weighted by molar-refractivity contribution is -0.150. The van der Waals surface area contributed by atoms with Crippen LogP contribution in [0.2, 0.25) is 0 Å². The van der Waals surface area contributed by atoms with Gasteiger partial charge in [-0.05, 0) is 5.57 Å². The quantitative estimate of drug-likeness (QED) is 0.0931.